The van der Waals surface area contributed by atoms with Gasteiger partial charge < -0.3 is 0 Å². The van der Waals surface area contributed by atoms with E-state index in [4.69, 9.17) is 0 Å². The normalized spacial score (nSPS) is 28.3. The molecule has 0 aromatic heterocycles. The van der Waals surface area contributed by atoms with Crippen molar-refractivity contribution < 1.29 is 4.79 Å². The van der Waals surface area contributed by atoms with Gasteiger partial charge in [0.05, 0.1) is 11.6 Å². The Hall–Kier alpha value is -1.44. The first-order valence-electron chi connectivity index (χ1n) is 5.47. The van der Waals surface area contributed by atoms with Gasteiger partial charge in [0.2, 0.25) is 0 Å². The summed E-state index contributed by atoms with van der Waals surface area (Å²) in [5.74, 6) is 0.779. The molecular formula is C13H13NO. The summed E-state index contributed by atoms with van der Waals surface area (Å²) in [5, 5.41) is 0. The zero-order valence-corrected chi connectivity index (χ0v) is 8.73. The SMILES string of the molecule is CC1CCC(=O)C2C1=Nc1ccccc12. The Morgan fingerprint density at radius 1 is 1.33 bits per heavy atom. The predicted molar refractivity (Wildman–Crippen MR) is 59.7 cm³/mol. The first-order valence-corrected chi connectivity index (χ1v) is 5.47. The lowest BCUT2D eigenvalue weighted by molar-refractivity contribution is -0.119. The van der Waals surface area contributed by atoms with E-state index in [9.17, 15) is 4.79 Å². The third-order valence-corrected chi connectivity index (χ3v) is 3.44. The Balaban J connectivity index is 2.15. The highest BCUT2D eigenvalue weighted by Gasteiger charge is 2.38. The number of aliphatic imine (C=N–C) groups is 1. The lowest BCUT2D eigenvalue weighted by Gasteiger charge is -2.24. The minimum Gasteiger partial charge on any atom is -0.299 e. The van der Waals surface area contributed by atoms with E-state index in [1.165, 1.54) is 0 Å². The van der Waals surface area contributed by atoms with Gasteiger partial charge in [0.15, 0.2) is 0 Å². The minimum atomic E-state index is -0.0232. The Labute approximate surface area is 89.0 Å². The fourth-order valence-corrected chi connectivity index (χ4v) is 2.58. The molecule has 1 fully saturated rings. The molecule has 1 heterocycles. The summed E-state index contributed by atoms with van der Waals surface area (Å²) in [6, 6.07) is 8.01. The van der Waals surface area contributed by atoms with Crippen LogP contribution in [0.3, 0.4) is 0 Å². The van der Waals surface area contributed by atoms with Crippen molar-refractivity contribution in [1.29, 1.82) is 0 Å². The zero-order chi connectivity index (χ0) is 10.4. The number of Topliss-reactive ketones (excluding diaryl/α,β-unsaturated/α-hetero) is 1. The van der Waals surface area contributed by atoms with Crippen LogP contribution in [0.15, 0.2) is 29.3 Å². The monoisotopic (exact) mass is 199 g/mol. The van der Waals surface area contributed by atoms with E-state index in [-0.39, 0.29) is 5.92 Å². The molecule has 76 valence electrons. The molecule has 2 nitrogen and oxygen atoms in total. The van der Waals surface area contributed by atoms with Crippen LogP contribution in [-0.2, 0) is 4.79 Å². The van der Waals surface area contributed by atoms with Crippen molar-refractivity contribution in [3.05, 3.63) is 29.8 Å². The summed E-state index contributed by atoms with van der Waals surface area (Å²) in [4.78, 5) is 16.5. The number of carbonyl (C=O) groups is 1. The van der Waals surface area contributed by atoms with Crippen molar-refractivity contribution in [2.45, 2.75) is 25.7 Å². The van der Waals surface area contributed by atoms with E-state index in [0.717, 1.165) is 23.4 Å². The fourth-order valence-electron chi connectivity index (χ4n) is 2.58. The van der Waals surface area contributed by atoms with Gasteiger partial charge in [0, 0.05) is 12.1 Å². The Morgan fingerprint density at radius 2 is 2.13 bits per heavy atom. The van der Waals surface area contributed by atoms with Crippen molar-refractivity contribution >= 4 is 17.2 Å². The van der Waals surface area contributed by atoms with Gasteiger partial charge in [-0.25, -0.2) is 0 Å². The molecule has 1 aliphatic carbocycles. The van der Waals surface area contributed by atoms with Gasteiger partial charge in [0.1, 0.15) is 5.78 Å². The lowest BCUT2D eigenvalue weighted by Crippen LogP contribution is -2.30. The second-order valence-corrected chi connectivity index (χ2v) is 4.43. The van der Waals surface area contributed by atoms with Crippen molar-refractivity contribution in [1.82, 2.24) is 0 Å². The largest absolute Gasteiger partial charge is 0.299 e. The summed E-state index contributed by atoms with van der Waals surface area (Å²) < 4.78 is 0. The number of benzene rings is 1. The first kappa shape index (κ1) is 8.84. The highest BCUT2D eigenvalue weighted by atomic mass is 16.1. The second kappa shape index (κ2) is 3.02. The maximum atomic E-state index is 11.9. The van der Waals surface area contributed by atoms with Crippen LogP contribution in [0.4, 0.5) is 5.69 Å². The average molecular weight is 199 g/mol. The Bertz CT molecular complexity index is 461. The van der Waals surface area contributed by atoms with Crippen molar-refractivity contribution in [3.63, 3.8) is 0 Å². The third kappa shape index (κ3) is 1.17. The van der Waals surface area contributed by atoms with Gasteiger partial charge >= 0.3 is 0 Å². The number of fused-ring (bicyclic) bond motifs is 3. The first-order chi connectivity index (χ1) is 7.27. The van der Waals surface area contributed by atoms with Crippen LogP contribution >= 0.6 is 0 Å². The number of rotatable bonds is 0. The fraction of sp³-hybridized carbons (Fsp3) is 0.385. The molecule has 3 rings (SSSR count). The Kier molecular flexibility index (Phi) is 1.78. The number of para-hydroxylation sites is 1. The average Bonchev–Trinajstić information content (AvgIpc) is 2.64. The molecule has 0 saturated heterocycles. The molecule has 2 atom stereocenters. The van der Waals surface area contributed by atoms with Gasteiger partial charge in [-0.05, 0) is 24.0 Å². The zero-order valence-electron chi connectivity index (χ0n) is 8.73. The molecule has 1 aliphatic heterocycles. The smallest absolute Gasteiger partial charge is 0.146 e. The van der Waals surface area contributed by atoms with Gasteiger partial charge in [-0.3, -0.25) is 9.79 Å². The number of ketones is 1. The number of nitrogens with zero attached hydrogens (tertiary/aromatic N) is 1. The summed E-state index contributed by atoms with van der Waals surface area (Å²) in [6.45, 7) is 2.17. The molecule has 0 bridgehead atoms. The Morgan fingerprint density at radius 3 is 3.00 bits per heavy atom. The molecule has 2 aliphatic rings. The summed E-state index contributed by atoms with van der Waals surface area (Å²) in [6.07, 6.45) is 1.67. The standard InChI is InChI=1S/C13H13NO/c1-8-6-7-11(15)12-9-4-2-3-5-10(9)14-13(8)12/h2-5,8,12H,6-7H2,1H3. The minimum absolute atomic E-state index is 0.0232. The molecule has 2 heteroatoms. The van der Waals surface area contributed by atoms with E-state index in [0.29, 0.717) is 18.1 Å². The quantitative estimate of drug-likeness (QED) is 0.631. The number of hydrogen-bond donors (Lipinski definition) is 0. The van der Waals surface area contributed by atoms with Gasteiger partial charge in [-0.2, -0.15) is 0 Å². The van der Waals surface area contributed by atoms with Gasteiger partial charge in [0.25, 0.3) is 0 Å². The van der Waals surface area contributed by atoms with E-state index in [1.54, 1.807) is 0 Å². The van der Waals surface area contributed by atoms with E-state index < -0.39 is 0 Å². The second-order valence-electron chi connectivity index (χ2n) is 4.43. The molecule has 0 N–H and O–H groups in total. The molecule has 2 unspecified atom stereocenters. The number of hydrogen-bond acceptors (Lipinski definition) is 2. The molecule has 0 spiro atoms. The van der Waals surface area contributed by atoms with Crippen molar-refractivity contribution in [2.24, 2.45) is 10.9 Å². The predicted octanol–water partition coefficient (Wildman–Crippen LogP) is 2.86. The maximum absolute atomic E-state index is 11.9. The molecular weight excluding hydrogens is 186 g/mol. The van der Waals surface area contributed by atoms with E-state index >= 15 is 0 Å². The van der Waals surface area contributed by atoms with Crippen LogP contribution < -0.4 is 0 Å². The van der Waals surface area contributed by atoms with E-state index in [1.807, 2.05) is 24.3 Å². The lowest BCUT2D eigenvalue weighted by atomic mass is 9.77. The van der Waals surface area contributed by atoms with Crippen LogP contribution in [0.25, 0.3) is 0 Å². The van der Waals surface area contributed by atoms with Crippen LogP contribution in [0.1, 0.15) is 31.2 Å². The summed E-state index contributed by atoms with van der Waals surface area (Å²) in [7, 11) is 0. The third-order valence-electron chi connectivity index (χ3n) is 3.44. The highest BCUT2D eigenvalue weighted by Crippen LogP contribution is 2.42. The van der Waals surface area contributed by atoms with Crippen molar-refractivity contribution in [2.75, 3.05) is 0 Å². The van der Waals surface area contributed by atoms with Crippen LogP contribution in [0, 0.1) is 5.92 Å². The molecule has 1 saturated carbocycles. The van der Waals surface area contributed by atoms with Crippen molar-refractivity contribution in [3.8, 4) is 0 Å². The van der Waals surface area contributed by atoms with Gasteiger partial charge in [-0.15, -0.1) is 0 Å². The summed E-state index contributed by atoms with van der Waals surface area (Å²) >= 11 is 0. The molecule has 1 aromatic carbocycles. The highest BCUT2D eigenvalue weighted by molar-refractivity contribution is 6.16. The van der Waals surface area contributed by atoms with E-state index in [2.05, 4.69) is 11.9 Å². The van der Waals surface area contributed by atoms with Crippen LogP contribution in [-0.4, -0.2) is 11.5 Å². The maximum Gasteiger partial charge on any atom is 0.146 e. The molecule has 0 radical (unpaired) electrons. The molecule has 15 heavy (non-hydrogen) atoms. The van der Waals surface area contributed by atoms with Gasteiger partial charge in [-0.1, -0.05) is 25.1 Å². The topological polar surface area (TPSA) is 29.4 Å². The van der Waals surface area contributed by atoms with Crippen LogP contribution in [0.2, 0.25) is 0 Å². The molecule has 1 aromatic rings. The summed E-state index contributed by atoms with van der Waals surface area (Å²) in [5.41, 5.74) is 3.20. The number of carbonyl (C=O) groups excluding carboxylic acids is 1. The molecule has 0 amide bonds. The van der Waals surface area contributed by atoms with Crippen LogP contribution in [0.5, 0.6) is 0 Å².